The molecule has 0 spiro atoms. The van der Waals surface area contributed by atoms with Crippen LogP contribution in [0.25, 0.3) is 10.8 Å². The maximum Gasteiger partial charge on any atom is 0.204 e. The van der Waals surface area contributed by atoms with Gasteiger partial charge in [-0.2, -0.15) is 5.10 Å². The van der Waals surface area contributed by atoms with E-state index in [0.717, 1.165) is 54.0 Å². The molecule has 1 saturated heterocycles. The molecule has 2 aromatic carbocycles. The van der Waals surface area contributed by atoms with Crippen molar-refractivity contribution in [3.05, 3.63) is 36.5 Å². The van der Waals surface area contributed by atoms with Crippen LogP contribution in [-0.2, 0) is 0 Å². The molecule has 0 bridgehead atoms. The van der Waals surface area contributed by atoms with Crippen LogP contribution in [0.4, 0.5) is 5.82 Å². The molecule has 164 valence electrons. The number of hydrogen-bond acceptors (Lipinski definition) is 8. The molecule has 0 unspecified atom stereocenters. The van der Waals surface area contributed by atoms with Gasteiger partial charge in [-0.05, 0) is 18.2 Å². The highest BCUT2D eigenvalue weighted by atomic mass is 16.5. The van der Waals surface area contributed by atoms with E-state index < -0.39 is 0 Å². The Morgan fingerprint density at radius 3 is 2.26 bits per heavy atom. The third-order valence-corrected chi connectivity index (χ3v) is 5.53. The van der Waals surface area contributed by atoms with Crippen molar-refractivity contribution in [1.82, 2.24) is 10.2 Å². The lowest BCUT2D eigenvalue weighted by Gasteiger charge is -2.33. The fourth-order valence-corrected chi connectivity index (χ4v) is 3.97. The van der Waals surface area contributed by atoms with Crippen LogP contribution >= 0.6 is 0 Å². The van der Waals surface area contributed by atoms with Gasteiger partial charge in [0.2, 0.25) is 5.75 Å². The molecule has 1 fully saturated rings. The predicted octanol–water partition coefficient (Wildman–Crippen LogP) is 3.71. The molecule has 1 aromatic heterocycles. The van der Waals surface area contributed by atoms with Crippen LogP contribution in [0.15, 0.2) is 36.5 Å². The lowest BCUT2D eigenvalue weighted by Crippen LogP contribution is -2.38. The Kier molecular flexibility index (Phi) is 6.16. The first-order valence-corrected chi connectivity index (χ1v) is 10.2. The van der Waals surface area contributed by atoms with E-state index in [1.807, 2.05) is 30.3 Å². The molecular weight excluding hydrogens is 398 g/mol. The average molecular weight is 425 g/mol. The maximum atomic E-state index is 6.17. The minimum atomic E-state index is 0.135. The summed E-state index contributed by atoms with van der Waals surface area (Å²) < 4.78 is 28.1. The molecule has 4 rings (SSSR count). The van der Waals surface area contributed by atoms with Gasteiger partial charge in [0.05, 0.1) is 40.0 Å². The molecule has 0 radical (unpaired) electrons. The van der Waals surface area contributed by atoms with Crippen LogP contribution in [0.5, 0.6) is 28.7 Å². The number of aromatic nitrogens is 2. The van der Waals surface area contributed by atoms with E-state index in [-0.39, 0.29) is 6.10 Å². The fraction of sp³-hybridized carbons (Fsp3) is 0.391. The third-order valence-electron chi connectivity index (χ3n) is 5.53. The summed E-state index contributed by atoms with van der Waals surface area (Å²) in [5, 5.41) is 10.4. The van der Waals surface area contributed by atoms with E-state index in [9.17, 15) is 0 Å². The molecule has 3 aromatic rings. The van der Waals surface area contributed by atoms with Gasteiger partial charge in [-0.1, -0.05) is 6.07 Å². The van der Waals surface area contributed by atoms with Gasteiger partial charge >= 0.3 is 0 Å². The highest BCUT2D eigenvalue weighted by Gasteiger charge is 2.25. The monoisotopic (exact) mass is 425 g/mol. The van der Waals surface area contributed by atoms with Gasteiger partial charge in [-0.25, -0.2) is 0 Å². The predicted molar refractivity (Wildman–Crippen MR) is 118 cm³/mol. The molecule has 0 saturated carbocycles. The Bertz CT molecular complexity index is 1050. The molecule has 0 N–H and O–H groups in total. The van der Waals surface area contributed by atoms with Crippen molar-refractivity contribution in [3.63, 3.8) is 0 Å². The topological polar surface area (TPSA) is 75.2 Å². The Morgan fingerprint density at radius 2 is 1.58 bits per heavy atom. The van der Waals surface area contributed by atoms with Crippen molar-refractivity contribution in [2.45, 2.75) is 18.9 Å². The Morgan fingerprint density at radius 1 is 0.839 bits per heavy atom. The minimum Gasteiger partial charge on any atom is -0.497 e. The van der Waals surface area contributed by atoms with Gasteiger partial charge in [0.25, 0.3) is 0 Å². The molecular formula is C23H27N3O5. The number of benzene rings is 2. The smallest absolute Gasteiger partial charge is 0.204 e. The summed E-state index contributed by atoms with van der Waals surface area (Å²) in [6.45, 7) is 1.61. The zero-order valence-electron chi connectivity index (χ0n) is 18.3. The molecule has 31 heavy (non-hydrogen) atoms. The Hall–Kier alpha value is -3.42. The molecule has 0 amide bonds. The number of ether oxygens (including phenoxy) is 5. The first-order chi connectivity index (χ1) is 15.2. The molecule has 0 aliphatic carbocycles. The second kappa shape index (κ2) is 9.16. The molecule has 1 aliphatic rings. The quantitative estimate of drug-likeness (QED) is 0.567. The average Bonchev–Trinajstić information content (AvgIpc) is 2.82. The summed E-state index contributed by atoms with van der Waals surface area (Å²) in [6, 6.07) is 9.64. The van der Waals surface area contributed by atoms with Gasteiger partial charge in [0.15, 0.2) is 17.3 Å². The van der Waals surface area contributed by atoms with Crippen molar-refractivity contribution < 1.29 is 23.7 Å². The largest absolute Gasteiger partial charge is 0.497 e. The fourth-order valence-electron chi connectivity index (χ4n) is 3.97. The number of methoxy groups -OCH3 is 4. The minimum absolute atomic E-state index is 0.135. The Balaban J connectivity index is 1.56. The molecule has 8 nitrogen and oxygen atoms in total. The first kappa shape index (κ1) is 20.8. The van der Waals surface area contributed by atoms with Crippen molar-refractivity contribution in [3.8, 4) is 28.7 Å². The lowest BCUT2D eigenvalue weighted by atomic mass is 10.1. The van der Waals surface area contributed by atoms with Crippen LogP contribution in [0.1, 0.15) is 12.8 Å². The van der Waals surface area contributed by atoms with E-state index in [4.69, 9.17) is 23.7 Å². The van der Waals surface area contributed by atoms with Crippen molar-refractivity contribution in [2.24, 2.45) is 0 Å². The zero-order chi connectivity index (χ0) is 21.8. The number of nitrogens with zero attached hydrogens (tertiary/aromatic N) is 3. The van der Waals surface area contributed by atoms with E-state index >= 15 is 0 Å². The van der Waals surface area contributed by atoms with E-state index in [1.165, 1.54) is 0 Å². The van der Waals surface area contributed by atoms with Gasteiger partial charge < -0.3 is 28.6 Å². The third kappa shape index (κ3) is 4.10. The van der Waals surface area contributed by atoms with Crippen LogP contribution in [0.3, 0.4) is 0 Å². The highest BCUT2D eigenvalue weighted by Crippen LogP contribution is 2.45. The molecule has 0 atom stereocenters. The summed E-state index contributed by atoms with van der Waals surface area (Å²) in [5.41, 5.74) is 0. The summed E-state index contributed by atoms with van der Waals surface area (Å²) in [5.74, 6) is 4.14. The standard InChI is InChI=1S/C23H27N3O5/c1-27-16-6-5-7-17(12-16)31-15-8-10-26(11-9-15)23-18-13-20(28-2)22(30-4)21(29-3)19(18)14-24-25-23/h5-7,12-15H,8-11H2,1-4H3. The van der Waals surface area contributed by atoms with Gasteiger partial charge in [-0.3, -0.25) is 0 Å². The second-order valence-corrected chi connectivity index (χ2v) is 7.26. The zero-order valence-corrected chi connectivity index (χ0v) is 18.3. The number of rotatable bonds is 7. The van der Waals surface area contributed by atoms with Crippen LogP contribution < -0.4 is 28.6 Å². The molecule has 1 aliphatic heterocycles. The SMILES string of the molecule is COc1cccc(OC2CCN(c3nncc4c(OC)c(OC)c(OC)cc34)CC2)c1. The first-order valence-electron chi connectivity index (χ1n) is 10.2. The Labute approximate surface area is 181 Å². The lowest BCUT2D eigenvalue weighted by molar-refractivity contribution is 0.170. The van der Waals surface area contributed by atoms with Crippen molar-refractivity contribution in [2.75, 3.05) is 46.4 Å². The normalized spacial score (nSPS) is 14.4. The second-order valence-electron chi connectivity index (χ2n) is 7.26. The molecule has 2 heterocycles. The number of anilines is 1. The summed E-state index contributed by atoms with van der Waals surface area (Å²) in [6.07, 6.45) is 3.58. The summed E-state index contributed by atoms with van der Waals surface area (Å²) in [4.78, 5) is 2.23. The van der Waals surface area contributed by atoms with Crippen molar-refractivity contribution >= 4 is 16.6 Å². The van der Waals surface area contributed by atoms with Crippen LogP contribution in [0.2, 0.25) is 0 Å². The van der Waals surface area contributed by atoms with E-state index in [0.29, 0.717) is 17.2 Å². The van der Waals surface area contributed by atoms with Crippen molar-refractivity contribution in [1.29, 1.82) is 0 Å². The van der Waals surface area contributed by atoms with E-state index in [1.54, 1.807) is 34.6 Å². The highest BCUT2D eigenvalue weighted by molar-refractivity contribution is 5.99. The van der Waals surface area contributed by atoms with Gasteiger partial charge in [0.1, 0.15) is 17.6 Å². The molecule has 8 heteroatoms. The van der Waals surface area contributed by atoms with E-state index in [2.05, 4.69) is 15.1 Å². The van der Waals surface area contributed by atoms with Gasteiger partial charge in [0, 0.05) is 37.4 Å². The number of fused-ring (bicyclic) bond motifs is 1. The van der Waals surface area contributed by atoms with Crippen LogP contribution in [-0.4, -0.2) is 57.8 Å². The number of piperidine rings is 1. The van der Waals surface area contributed by atoms with Crippen LogP contribution in [0, 0.1) is 0 Å². The van der Waals surface area contributed by atoms with Gasteiger partial charge in [-0.15, -0.1) is 5.10 Å². The summed E-state index contributed by atoms with van der Waals surface area (Å²) >= 11 is 0. The number of hydrogen-bond donors (Lipinski definition) is 0. The summed E-state index contributed by atoms with van der Waals surface area (Å²) in [7, 11) is 6.47. The maximum absolute atomic E-state index is 6.17.